The van der Waals surface area contributed by atoms with Gasteiger partial charge in [0.1, 0.15) is 23.5 Å². The number of aromatic nitrogens is 5. The predicted molar refractivity (Wildman–Crippen MR) is 110 cm³/mol. The van der Waals surface area contributed by atoms with Crippen molar-refractivity contribution in [1.82, 2.24) is 24.6 Å². The number of hydrogen-bond donors (Lipinski definition) is 0. The smallest absolute Gasteiger partial charge is 0.228 e. The molecule has 1 aliphatic heterocycles. The summed E-state index contributed by atoms with van der Waals surface area (Å²) in [4.78, 5) is 26.9. The molecule has 0 amide bonds. The summed E-state index contributed by atoms with van der Waals surface area (Å²) in [6, 6.07) is 9.27. The minimum atomic E-state index is -0.450. The predicted octanol–water partition coefficient (Wildman–Crippen LogP) is 3.95. The van der Waals surface area contributed by atoms with Crippen LogP contribution in [0.25, 0.3) is 17.2 Å². The second-order valence-electron chi connectivity index (χ2n) is 8.71. The van der Waals surface area contributed by atoms with Gasteiger partial charge in [0, 0.05) is 24.6 Å². The van der Waals surface area contributed by atoms with Crippen molar-refractivity contribution in [3.8, 4) is 17.4 Å². The normalized spacial score (nSPS) is 19.8. The van der Waals surface area contributed by atoms with Crippen LogP contribution in [0.4, 0.5) is 0 Å². The molecule has 5 heterocycles. The SMILES string of the molecule is CC1(C)CC(=O)C2=C(C1)Oc1ncn3nc(-c4ccccn4)nc3c1[C@H]2c1ccco1. The minimum Gasteiger partial charge on any atom is -0.468 e. The first-order valence-electron chi connectivity index (χ1n) is 10.1. The fourth-order valence-electron chi connectivity index (χ4n) is 4.49. The Balaban J connectivity index is 1.60. The molecule has 0 fully saturated rings. The minimum absolute atomic E-state index is 0.0600. The van der Waals surface area contributed by atoms with E-state index < -0.39 is 5.92 Å². The molecule has 0 radical (unpaired) electrons. The average molecular weight is 413 g/mol. The van der Waals surface area contributed by atoms with E-state index in [4.69, 9.17) is 14.1 Å². The molecule has 0 N–H and O–H groups in total. The first kappa shape index (κ1) is 18.0. The topological polar surface area (TPSA) is 95.4 Å². The van der Waals surface area contributed by atoms with Crippen molar-refractivity contribution >= 4 is 11.4 Å². The number of ether oxygens (including phenoxy) is 1. The summed E-state index contributed by atoms with van der Waals surface area (Å²) in [5, 5.41) is 4.55. The average Bonchev–Trinajstić information content (AvgIpc) is 3.42. The quantitative estimate of drug-likeness (QED) is 0.491. The molecule has 0 unspecified atom stereocenters. The number of rotatable bonds is 2. The van der Waals surface area contributed by atoms with Gasteiger partial charge in [-0.2, -0.15) is 0 Å². The summed E-state index contributed by atoms with van der Waals surface area (Å²) >= 11 is 0. The van der Waals surface area contributed by atoms with Crippen molar-refractivity contribution in [3.63, 3.8) is 0 Å². The van der Waals surface area contributed by atoms with Crippen LogP contribution in [-0.2, 0) is 4.79 Å². The summed E-state index contributed by atoms with van der Waals surface area (Å²) in [6.45, 7) is 4.15. The zero-order chi connectivity index (χ0) is 21.2. The molecular formula is C23H19N5O3. The Hall–Kier alpha value is -3.81. The van der Waals surface area contributed by atoms with Crippen molar-refractivity contribution in [2.45, 2.75) is 32.6 Å². The van der Waals surface area contributed by atoms with E-state index in [0.717, 1.165) is 0 Å². The maximum absolute atomic E-state index is 13.3. The standard InChI is InChI=1S/C23H19N5O3/c1-23(2)10-14(29)17-16(11-23)31-22-19(18(17)15-7-5-9-30-15)21-26-20(27-28(21)12-25-22)13-6-3-4-8-24-13/h3-9,12,18H,10-11H2,1-2H3/t18-/m0/s1. The highest BCUT2D eigenvalue weighted by Crippen LogP contribution is 2.50. The molecule has 154 valence electrons. The molecule has 31 heavy (non-hydrogen) atoms. The number of hydrogen-bond acceptors (Lipinski definition) is 7. The summed E-state index contributed by atoms with van der Waals surface area (Å²) in [5.74, 6) is 1.83. The van der Waals surface area contributed by atoms with Gasteiger partial charge in [-0.1, -0.05) is 19.9 Å². The third-order valence-corrected chi connectivity index (χ3v) is 5.78. The summed E-state index contributed by atoms with van der Waals surface area (Å²) in [5.41, 5.74) is 2.35. The van der Waals surface area contributed by atoms with Crippen LogP contribution in [-0.4, -0.2) is 30.3 Å². The van der Waals surface area contributed by atoms with Crippen molar-refractivity contribution < 1.29 is 13.9 Å². The number of carbonyl (C=O) groups excluding carboxylic acids is 1. The molecule has 4 aromatic heterocycles. The molecule has 2 aliphatic rings. The monoisotopic (exact) mass is 413 g/mol. The van der Waals surface area contributed by atoms with E-state index in [9.17, 15) is 4.79 Å². The Morgan fingerprint density at radius 1 is 1.13 bits per heavy atom. The highest BCUT2D eigenvalue weighted by Gasteiger charge is 2.45. The molecule has 0 saturated carbocycles. The lowest BCUT2D eigenvalue weighted by atomic mass is 9.71. The Labute approximate surface area is 177 Å². The van der Waals surface area contributed by atoms with Gasteiger partial charge in [-0.15, -0.1) is 5.10 Å². The molecule has 8 heteroatoms. The molecule has 4 aromatic rings. The fraction of sp³-hybridized carbons (Fsp3) is 0.261. The van der Waals surface area contributed by atoms with Gasteiger partial charge in [0.2, 0.25) is 11.7 Å². The van der Waals surface area contributed by atoms with Crippen molar-refractivity contribution in [2.75, 3.05) is 0 Å². The molecule has 1 atom stereocenters. The summed E-state index contributed by atoms with van der Waals surface area (Å²) < 4.78 is 13.6. The Kier molecular flexibility index (Phi) is 3.68. The lowest BCUT2D eigenvalue weighted by molar-refractivity contribution is -0.118. The zero-order valence-electron chi connectivity index (χ0n) is 17.1. The number of Topliss-reactive ketones (excluding diaryl/α,β-unsaturated/α-hetero) is 1. The maximum atomic E-state index is 13.3. The molecule has 8 nitrogen and oxygen atoms in total. The van der Waals surface area contributed by atoms with Crippen molar-refractivity contribution in [3.05, 3.63) is 71.8 Å². The molecule has 0 spiro atoms. The number of fused-ring (bicyclic) bond motifs is 3. The third kappa shape index (κ3) is 2.78. The zero-order valence-corrected chi connectivity index (χ0v) is 17.1. The van der Waals surface area contributed by atoms with Crippen LogP contribution >= 0.6 is 0 Å². The van der Waals surface area contributed by atoms with Gasteiger partial charge in [-0.3, -0.25) is 9.78 Å². The second kappa shape index (κ2) is 6.34. The third-order valence-electron chi connectivity index (χ3n) is 5.78. The van der Waals surface area contributed by atoms with Crippen LogP contribution in [0.2, 0.25) is 0 Å². The molecule has 1 aliphatic carbocycles. The lowest BCUT2D eigenvalue weighted by Gasteiger charge is -2.36. The molecule has 0 aromatic carbocycles. The fourth-order valence-corrected chi connectivity index (χ4v) is 4.49. The van der Waals surface area contributed by atoms with E-state index in [1.807, 2.05) is 30.3 Å². The largest absolute Gasteiger partial charge is 0.468 e. The number of allylic oxidation sites excluding steroid dienone is 2. The van der Waals surface area contributed by atoms with Gasteiger partial charge >= 0.3 is 0 Å². The van der Waals surface area contributed by atoms with Gasteiger partial charge in [0.05, 0.1) is 17.7 Å². The van der Waals surface area contributed by atoms with E-state index in [1.54, 1.807) is 23.3 Å². The number of pyridine rings is 1. The van der Waals surface area contributed by atoms with Crippen LogP contribution in [0.1, 0.15) is 43.9 Å². The first-order chi connectivity index (χ1) is 15.0. The van der Waals surface area contributed by atoms with Gasteiger partial charge < -0.3 is 9.15 Å². The van der Waals surface area contributed by atoms with E-state index in [1.165, 1.54) is 0 Å². The van der Waals surface area contributed by atoms with Crippen LogP contribution in [0.15, 0.2) is 64.9 Å². The van der Waals surface area contributed by atoms with Crippen LogP contribution in [0.3, 0.4) is 0 Å². The Morgan fingerprint density at radius 2 is 2.03 bits per heavy atom. The number of carbonyl (C=O) groups is 1. The van der Waals surface area contributed by atoms with Gasteiger partial charge in [0.25, 0.3) is 0 Å². The van der Waals surface area contributed by atoms with E-state index in [2.05, 4.69) is 28.9 Å². The van der Waals surface area contributed by atoms with E-state index >= 15 is 0 Å². The van der Waals surface area contributed by atoms with Crippen LogP contribution < -0.4 is 4.74 Å². The van der Waals surface area contributed by atoms with Gasteiger partial charge in [0.15, 0.2) is 11.4 Å². The Bertz CT molecular complexity index is 1350. The molecule has 6 rings (SSSR count). The van der Waals surface area contributed by atoms with Crippen LogP contribution in [0, 0.1) is 5.41 Å². The van der Waals surface area contributed by atoms with Crippen molar-refractivity contribution in [2.24, 2.45) is 5.41 Å². The first-order valence-corrected chi connectivity index (χ1v) is 10.1. The molecular weight excluding hydrogens is 394 g/mol. The van der Waals surface area contributed by atoms with Gasteiger partial charge in [-0.05, 0) is 29.7 Å². The highest BCUT2D eigenvalue weighted by molar-refractivity contribution is 6.00. The van der Waals surface area contributed by atoms with E-state index in [-0.39, 0.29) is 11.2 Å². The van der Waals surface area contributed by atoms with Crippen molar-refractivity contribution in [1.29, 1.82) is 0 Å². The summed E-state index contributed by atoms with van der Waals surface area (Å²) in [7, 11) is 0. The number of furan rings is 1. The number of ketones is 1. The van der Waals surface area contributed by atoms with Crippen LogP contribution in [0.5, 0.6) is 5.88 Å². The maximum Gasteiger partial charge on any atom is 0.228 e. The highest BCUT2D eigenvalue weighted by atomic mass is 16.5. The van der Waals surface area contributed by atoms with E-state index in [0.29, 0.717) is 58.5 Å². The van der Waals surface area contributed by atoms with Gasteiger partial charge in [-0.25, -0.2) is 14.5 Å². The summed E-state index contributed by atoms with van der Waals surface area (Å²) in [6.07, 6.45) is 5.99. The molecule has 0 bridgehead atoms. The Morgan fingerprint density at radius 3 is 2.81 bits per heavy atom. The lowest BCUT2D eigenvalue weighted by Crippen LogP contribution is -2.33. The second-order valence-corrected chi connectivity index (χ2v) is 8.71. The molecule has 0 saturated heterocycles. The number of nitrogens with zero attached hydrogens (tertiary/aromatic N) is 5.